The molecule has 3 heterocycles. The van der Waals surface area contributed by atoms with Gasteiger partial charge in [-0.3, -0.25) is 14.5 Å². The molecule has 1 aromatic heterocycles. The fraction of sp³-hybridized carbons (Fsp3) is 0.643. The standard InChI is InChI=1S/C14H19N3O3S/c18-12(15-8-11-3-2-6-20-11)7-10-9-21-14(16-10)17-5-1-4-13(17)19/h9,11H,1-8H2,(H,15,18). The third-order valence-electron chi connectivity index (χ3n) is 3.74. The Morgan fingerprint density at radius 2 is 2.43 bits per heavy atom. The SMILES string of the molecule is O=C(Cc1csc(N2CCCC2=O)n1)NCC1CCCO1. The van der Waals surface area contributed by atoms with Crippen molar-refractivity contribution in [3.63, 3.8) is 0 Å². The van der Waals surface area contributed by atoms with Gasteiger partial charge in [-0.2, -0.15) is 0 Å². The molecular formula is C14H19N3O3S. The second-order valence-corrected chi connectivity index (χ2v) is 6.22. The molecule has 0 aromatic carbocycles. The fourth-order valence-electron chi connectivity index (χ4n) is 2.61. The summed E-state index contributed by atoms with van der Waals surface area (Å²) in [5.74, 6) is 0.0776. The number of nitrogens with zero attached hydrogens (tertiary/aromatic N) is 2. The van der Waals surface area contributed by atoms with Gasteiger partial charge in [0.2, 0.25) is 11.8 Å². The normalized spacial score (nSPS) is 22.0. The predicted octanol–water partition coefficient (Wildman–Crippen LogP) is 1.11. The van der Waals surface area contributed by atoms with Gasteiger partial charge in [-0.1, -0.05) is 0 Å². The Labute approximate surface area is 127 Å². The molecular weight excluding hydrogens is 290 g/mol. The molecule has 2 aliphatic rings. The lowest BCUT2D eigenvalue weighted by atomic mass is 10.2. The third kappa shape index (κ3) is 3.59. The van der Waals surface area contributed by atoms with Gasteiger partial charge in [-0.25, -0.2) is 4.98 Å². The zero-order chi connectivity index (χ0) is 14.7. The van der Waals surface area contributed by atoms with Crippen molar-refractivity contribution in [2.24, 2.45) is 0 Å². The largest absolute Gasteiger partial charge is 0.376 e. The summed E-state index contributed by atoms with van der Waals surface area (Å²) >= 11 is 1.43. The number of nitrogens with one attached hydrogen (secondary N) is 1. The number of carbonyl (C=O) groups is 2. The lowest BCUT2D eigenvalue weighted by molar-refractivity contribution is -0.121. The summed E-state index contributed by atoms with van der Waals surface area (Å²) in [7, 11) is 0. The van der Waals surface area contributed by atoms with Gasteiger partial charge in [0.1, 0.15) is 0 Å². The predicted molar refractivity (Wildman–Crippen MR) is 79.4 cm³/mol. The van der Waals surface area contributed by atoms with E-state index in [0.717, 1.165) is 38.1 Å². The van der Waals surface area contributed by atoms with Gasteiger partial charge in [0.15, 0.2) is 5.13 Å². The average molecular weight is 309 g/mol. The summed E-state index contributed by atoms with van der Waals surface area (Å²) in [4.78, 5) is 29.6. The topological polar surface area (TPSA) is 71.5 Å². The lowest BCUT2D eigenvalue weighted by Gasteiger charge is -2.11. The number of ether oxygens (including phenoxy) is 1. The van der Waals surface area contributed by atoms with Crippen LogP contribution in [0.4, 0.5) is 5.13 Å². The van der Waals surface area contributed by atoms with Gasteiger partial charge in [-0.05, 0) is 19.3 Å². The van der Waals surface area contributed by atoms with Crippen molar-refractivity contribution in [1.29, 1.82) is 0 Å². The Kier molecular flexibility index (Phi) is 4.50. The molecule has 2 aliphatic heterocycles. The highest BCUT2D eigenvalue weighted by Gasteiger charge is 2.24. The van der Waals surface area contributed by atoms with Crippen molar-refractivity contribution in [2.75, 3.05) is 24.6 Å². The number of amides is 2. The first-order valence-electron chi connectivity index (χ1n) is 7.35. The molecule has 114 valence electrons. The van der Waals surface area contributed by atoms with Gasteiger partial charge in [-0.15, -0.1) is 11.3 Å². The number of carbonyl (C=O) groups excluding carboxylic acids is 2. The molecule has 1 atom stereocenters. The average Bonchev–Trinajstić information content (AvgIpc) is 3.17. The summed E-state index contributed by atoms with van der Waals surface area (Å²) in [6.07, 6.45) is 3.97. The lowest BCUT2D eigenvalue weighted by Crippen LogP contribution is -2.32. The molecule has 0 bridgehead atoms. The van der Waals surface area contributed by atoms with Crippen molar-refractivity contribution in [1.82, 2.24) is 10.3 Å². The minimum atomic E-state index is -0.0462. The van der Waals surface area contributed by atoms with E-state index in [9.17, 15) is 9.59 Å². The summed E-state index contributed by atoms with van der Waals surface area (Å²) < 4.78 is 5.46. The summed E-state index contributed by atoms with van der Waals surface area (Å²) in [5.41, 5.74) is 0.722. The van der Waals surface area contributed by atoms with E-state index in [4.69, 9.17) is 4.74 Å². The first kappa shape index (κ1) is 14.5. The van der Waals surface area contributed by atoms with Crippen molar-refractivity contribution < 1.29 is 14.3 Å². The molecule has 1 unspecified atom stereocenters. The molecule has 2 saturated heterocycles. The van der Waals surface area contributed by atoms with E-state index < -0.39 is 0 Å². The zero-order valence-electron chi connectivity index (χ0n) is 11.8. The van der Waals surface area contributed by atoms with Crippen molar-refractivity contribution in [2.45, 2.75) is 38.2 Å². The van der Waals surface area contributed by atoms with Gasteiger partial charge in [0, 0.05) is 31.5 Å². The highest BCUT2D eigenvalue weighted by atomic mass is 32.1. The molecule has 0 spiro atoms. The van der Waals surface area contributed by atoms with E-state index in [2.05, 4.69) is 10.3 Å². The van der Waals surface area contributed by atoms with Gasteiger partial charge in [0.05, 0.1) is 18.2 Å². The quantitative estimate of drug-likeness (QED) is 0.884. The van der Waals surface area contributed by atoms with Crippen LogP contribution in [-0.4, -0.2) is 42.6 Å². The smallest absolute Gasteiger partial charge is 0.228 e. The van der Waals surface area contributed by atoms with Crippen molar-refractivity contribution in [3.05, 3.63) is 11.1 Å². The first-order chi connectivity index (χ1) is 10.2. The zero-order valence-corrected chi connectivity index (χ0v) is 12.7. The van der Waals surface area contributed by atoms with Crippen molar-refractivity contribution >= 4 is 28.3 Å². The van der Waals surface area contributed by atoms with E-state index in [-0.39, 0.29) is 24.3 Å². The minimum absolute atomic E-state index is 0.0462. The minimum Gasteiger partial charge on any atom is -0.376 e. The first-order valence-corrected chi connectivity index (χ1v) is 8.23. The number of aromatic nitrogens is 1. The Morgan fingerprint density at radius 3 is 3.14 bits per heavy atom. The summed E-state index contributed by atoms with van der Waals surface area (Å²) in [6.45, 7) is 2.09. The maximum absolute atomic E-state index is 11.9. The van der Waals surface area contributed by atoms with Gasteiger partial charge in [0.25, 0.3) is 0 Å². The van der Waals surface area contributed by atoms with Crippen LogP contribution in [0.1, 0.15) is 31.4 Å². The van der Waals surface area contributed by atoms with E-state index in [0.29, 0.717) is 18.1 Å². The third-order valence-corrected chi connectivity index (χ3v) is 4.65. The second-order valence-electron chi connectivity index (χ2n) is 5.39. The molecule has 21 heavy (non-hydrogen) atoms. The Bertz CT molecular complexity index is 525. The van der Waals surface area contributed by atoms with Crippen LogP contribution in [0.25, 0.3) is 0 Å². The molecule has 7 heteroatoms. The fourth-order valence-corrected chi connectivity index (χ4v) is 3.48. The number of rotatable bonds is 5. The highest BCUT2D eigenvalue weighted by molar-refractivity contribution is 7.14. The van der Waals surface area contributed by atoms with Crippen LogP contribution in [-0.2, 0) is 20.7 Å². The molecule has 0 aliphatic carbocycles. The number of thiazole rings is 1. The number of anilines is 1. The van der Waals surface area contributed by atoms with Crippen LogP contribution >= 0.6 is 11.3 Å². The van der Waals surface area contributed by atoms with Crippen LogP contribution in [0.15, 0.2) is 5.38 Å². The Morgan fingerprint density at radius 1 is 1.52 bits per heavy atom. The van der Waals surface area contributed by atoms with Crippen LogP contribution in [0.5, 0.6) is 0 Å². The van der Waals surface area contributed by atoms with Gasteiger partial charge < -0.3 is 10.1 Å². The Hall–Kier alpha value is -1.47. The van der Waals surface area contributed by atoms with E-state index in [1.165, 1.54) is 11.3 Å². The van der Waals surface area contributed by atoms with Crippen LogP contribution in [0, 0.1) is 0 Å². The molecule has 0 saturated carbocycles. The second kappa shape index (κ2) is 6.53. The summed E-state index contributed by atoms with van der Waals surface area (Å²) in [5, 5.41) is 5.44. The number of hydrogen-bond acceptors (Lipinski definition) is 5. The molecule has 2 amide bonds. The maximum Gasteiger partial charge on any atom is 0.228 e. The van der Waals surface area contributed by atoms with Crippen LogP contribution in [0.3, 0.4) is 0 Å². The van der Waals surface area contributed by atoms with E-state index in [1.807, 2.05) is 5.38 Å². The highest BCUT2D eigenvalue weighted by Crippen LogP contribution is 2.25. The molecule has 1 aromatic rings. The van der Waals surface area contributed by atoms with E-state index in [1.54, 1.807) is 4.90 Å². The molecule has 1 N–H and O–H groups in total. The molecule has 0 radical (unpaired) electrons. The van der Waals surface area contributed by atoms with E-state index >= 15 is 0 Å². The number of hydrogen-bond donors (Lipinski definition) is 1. The monoisotopic (exact) mass is 309 g/mol. The van der Waals surface area contributed by atoms with Crippen LogP contribution in [0.2, 0.25) is 0 Å². The molecule has 6 nitrogen and oxygen atoms in total. The Balaban J connectivity index is 1.49. The molecule has 3 rings (SSSR count). The maximum atomic E-state index is 11.9. The summed E-state index contributed by atoms with van der Waals surface area (Å²) in [6, 6.07) is 0. The molecule has 2 fully saturated rings. The van der Waals surface area contributed by atoms with Gasteiger partial charge >= 0.3 is 0 Å². The van der Waals surface area contributed by atoms with Crippen molar-refractivity contribution in [3.8, 4) is 0 Å². The van der Waals surface area contributed by atoms with Crippen LogP contribution < -0.4 is 10.2 Å².